The molecule has 0 saturated carbocycles. The molecule has 6 heteroatoms. The third kappa shape index (κ3) is 2.92. The number of methoxy groups -OCH3 is 1. The van der Waals surface area contributed by atoms with Gasteiger partial charge in [-0.25, -0.2) is 0 Å². The summed E-state index contributed by atoms with van der Waals surface area (Å²) in [7, 11) is 1.52. The third-order valence-electron chi connectivity index (χ3n) is 3.10. The zero-order valence-corrected chi connectivity index (χ0v) is 13.2. The lowest BCUT2D eigenvalue weighted by molar-refractivity contribution is 0.409. The van der Waals surface area contributed by atoms with E-state index in [1.807, 2.05) is 18.2 Å². The standard InChI is InChI=1S/C16H11BrN2O3/c1-21-12-7-11(19-20)8-13(9-12)22-16-4-5-18-15-3-2-10(17)6-14(15)16/h2-9H,1H3. The fourth-order valence-electron chi connectivity index (χ4n) is 2.10. The van der Waals surface area contributed by atoms with Crippen LogP contribution in [0.4, 0.5) is 5.69 Å². The first-order chi connectivity index (χ1) is 10.7. The molecule has 0 unspecified atom stereocenters. The molecule has 0 radical (unpaired) electrons. The van der Waals surface area contributed by atoms with Crippen LogP contribution in [-0.4, -0.2) is 12.1 Å². The summed E-state index contributed by atoms with van der Waals surface area (Å²) in [4.78, 5) is 15.1. The molecule has 22 heavy (non-hydrogen) atoms. The van der Waals surface area contributed by atoms with Crippen LogP contribution in [0.15, 0.2) is 58.3 Å². The molecule has 2 aromatic carbocycles. The molecule has 3 rings (SSSR count). The van der Waals surface area contributed by atoms with Gasteiger partial charge in [-0.3, -0.25) is 4.98 Å². The van der Waals surface area contributed by atoms with Crippen molar-refractivity contribution in [1.82, 2.24) is 4.98 Å². The van der Waals surface area contributed by atoms with Gasteiger partial charge in [-0.2, -0.15) is 0 Å². The van der Waals surface area contributed by atoms with Crippen LogP contribution in [0.5, 0.6) is 17.2 Å². The van der Waals surface area contributed by atoms with Gasteiger partial charge in [0.05, 0.1) is 12.6 Å². The number of nitrogens with zero attached hydrogens (tertiary/aromatic N) is 2. The first kappa shape index (κ1) is 14.5. The van der Waals surface area contributed by atoms with Gasteiger partial charge >= 0.3 is 0 Å². The van der Waals surface area contributed by atoms with Crippen LogP contribution in [0.25, 0.3) is 10.9 Å². The molecule has 0 N–H and O–H groups in total. The minimum absolute atomic E-state index is 0.244. The number of fused-ring (bicyclic) bond motifs is 1. The molecule has 0 atom stereocenters. The van der Waals surface area contributed by atoms with Gasteiger partial charge in [-0.1, -0.05) is 15.9 Å². The van der Waals surface area contributed by atoms with E-state index in [0.717, 1.165) is 15.4 Å². The zero-order chi connectivity index (χ0) is 15.5. The molecule has 5 nitrogen and oxygen atoms in total. The normalized spacial score (nSPS) is 10.5. The molecule has 110 valence electrons. The van der Waals surface area contributed by atoms with Crippen molar-refractivity contribution in [2.75, 3.05) is 7.11 Å². The second-order valence-corrected chi connectivity index (χ2v) is 5.45. The number of hydrogen-bond acceptors (Lipinski definition) is 5. The van der Waals surface area contributed by atoms with Crippen molar-refractivity contribution in [3.8, 4) is 17.2 Å². The smallest absolute Gasteiger partial charge is 0.138 e. The first-order valence-corrected chi connectivity index (χ1v) is 7.23. The van der Waals surface area contributed by atoms with Crippen molar-refractivity contribution >= 4 is 32.5 Å². The van der Waals surface area contributed by atoms with Crippen LogP contribution in [-0.2, 0) is 0 Å². The van der Waals surface area contributed by atoms with Gasteiger partial charge in [0, 0.05) is 34.3 Å². The highest BCUT2D eigenvalue weighted by molar-refractivity contribution is 9.10. The lowest BCUT2D eigenvalue weighted by Gasteiger charge is -2.10. The van der Waals surface area contributed by atoms with Crippen molar-refractivity contribution in [3.05, 3.63) is 58.0 Å². The highest BCUT2D eigenvalue weighted by Gasteiger charge is 2.08. The van der Waals surface area contributed by atoms with E-state index in [4.69, 9.17) is 9.47 Å². The van der Waals surface area contributed by atoms with Crippen LogP contribution in [0.2, 0.25) is 0 Å². The van der Waals surface area contributed by atoms with E-state index in [9.17, 15) is 4.91 Å². The maximum Gasteiger partial charge on any atom is 0.138 e. The number of pyridine rings is 1. The van der Waals surface area contributed by atoms with E-state index in [2.05, 4.69) is 26.1 Å². The topological polar surface area (TPSA) is 60.8 Å². The maximum absolute atomic E-state index is 10.8. The van der Waals surface area contributed by atoms with Crippen LogP contribution in [0.1, 0.15) is 0 Å². The van der Waals surface area contributed by atoms with Crippen molar-refractivity contribution in [2.45, 2.75) is 0 Å². The predicted molar refractivity (Wildman–Crippen MR) is 88.0 cm³/mol. The van der Waals surface area contributed by atoms with Gasteiger partial charge < -0.3 is 9.47 Å². The molecular weight excluding hydrogens is 348 g/mol. The quantitative estimate of drug-likeness (QED) is 0.601. The van der Waals surface area contributed by atoms with E-state index < -0.39 is 0 Å². The lowest BCUT2D eigenvalue weighted by atomic mass is 10.2. The molecule has 0 saturated heterocycles. The number of hydrogen-bond donors (Lipinski definition) is 0. The zero-order valence-electron chi connectivity index (χ0n) is 11.6. The minimum atomic E-state index is 0.244. The molecule has 0 amide bonds. The minimum Gasteiger partial charge on any atom is -0.497 e. The summed E-state index contributed by atoms with van der Waals surface area (Å²) in [6.07, 6.45) is 1.67. The second-order valence-electron chi connectivity index (χ2n) is 4.53. The fraction of sp³-hybridized carbons (Fsp3) is 0.0625. The molecular formula is C16H11BrN2O3. The van der Waals surface area contributed by atoms with Crippen molar-refractivity contribution in [3.63, 3.8) is 0 Å². The number of benzene rings is 2. The fourth-order valence-corrected chi connectivity index (χ4v) is 2.46. The third-order valence-corrected chi connectivity index (χ3v) is 3.59. The van der Waals surface area contributed by atoms with E-state index in [1.165, 1.54) is 7.11 Å². The highest BCUT2D eigenvalue weighted by Crippen LogP contribution is 2.34. The maximum atomic E-state index is 10.8. The Morgan fingerprint density at radius 3 is 2.68 bits per heavy atom. The average molecular weight is 359 g/mol. The van der Waals surface area contributed by atoms with E-state index in [-0.39, 0.29) is 5.69 Å². The number of ether oxygens (including phenoxy) is 2. The lowest BCUT2D eigenvalue weighted by Crippen LogP contribution is -1.89. The Morgan fingerprint density at radius 1 is 1.09 bits per heavy atom. The molecule has 0 aliphatic rings. The first-order valence-electron chi connectivity index (χ1n) is 6.44. The Hall–Kier alpha value is -2.47. The Morgan fingerprint density at radius 2 is 1.91 bits per heavy atom. The molecule has 1 aromatic heterocycles. The van der Waals surface area contributed by atoms with Crippen molar-refractivity contribution in [1.29, 1.82) is 0 Å². The summed E-state index contributed by atoms with van der Waals surface area (Å²) >= 11 is 3.44. The van der Waals surface area contributed by atoms with Crippen LogP contribution < -0.4 is 9.47 Å². The molecule has 0 aliphatic heterocycles. The number of halogens is 1. The Kier molecular flexibility index (Phi) is 4.02. The second kappa shape index (κ2) is 6.11. The molecule has 0 spiro atoms. The van der Waals surface area contributed by atoms with Crippen molar-refractivity contribution < 1.29 is 9.47 Å². The van der Waals surface area contributed by atoms with Crippen LogP contribution in [0, 0.1) is 4.91 Å². The van der Waals surface area contributed by atoms with Gasteiger partial charge in [0.25, 0.3) is 0 Å². The molecule has 1 heterocycles. The average Bonchev–Trinajstić information content (AvgIpc) is 2.55. The van der Waals surface area contributed by atoms with E-state index in [0.29, 0.717) is 17.2 Å². The summed E-state index contributed by atoms with van der Waals surface area (Å²) in [6, 6.07) is 12.3. The summed E-state index contributed by atoms with van der Waals surface area (Å²) in [5.74, 6) is 1.62. The Balaban J connectivity index is 2.06. The Labute approximate surface area is 135 Å². The number of aromatic nitrogens is 1. The van der Waals surface area contributed by atoms with Crippen molar-refractivity contribution in [2.24, 2.45) is 5.18 Å². The SMILES string of the molecule is COc1cc(N=O)cc(Oc2ccnc3ccc(Br)cc23)c1. The van der Waals surface area contributed by atoms with Crippen LogP contribution in [0.3, 0.4) is 0 Å². The predicted octanol–water partition coefficient (Wildman–Crippen LogP) is 5.20. The summed E-state index contributed by atoms with van der Waals surface area (Å²) in [5.41, 5.74) is 1.06. The monoisotopic (exact) mass is 358 g/mol. The summed E-state index contributed by atoms with van der Waals surface area (Å²) in [6.45, 7) is 0. The number of nitroso groups, excluding NO2 is 1. The molecule has 0 fully saturated rings. The Bertz CT molecular complexity index is 852. The summed E-state index contributed by atoms with van der Waals surface area (Å²) in [5, 5.41) is 3.79. The van der Waals surface area contributed by atoms with Crippen LogP contribution >= 0.6 is 15.9 Å². The number of rotatable bonds is 4. The van der Waals surface area contributed by atoms with Gasteiger partial charge in [0.15, 0.2) is 0 Å². The molecule has 0 aliphatic carbocycles. The van der Waals surface area contributed by atoms with E-state index >= 15 is 0 Å². The van der Waals surface area contributed by atoms with Gasteiger partial charge in [0.2, 0.25) is 0 Å². The van der Waals surface area contributed by atoms with Gasteiger partial charge in [0.1, 0.15) is 22.9 Å². The van der Waals surface area contributed by atoms with E-state index in [1.54, 1.807) is 30.5 Å². The molecule has 0 bridgehead atoms. The highest BCUT2D eigenvalue weighted by atomic mass is 79.9. The van der Waals surface area contributed by atoms with Gasteiger partial charge in [-0.15, -0.1) is 4.91 Å². The largest absolute Gasteiger partial charge is 0.497 e. The summed E-state index contributed by atoms with van der Waals surface area (Å²) < 4.78 is 12.0. The van der Waals surface area contributed by atoms with Gasteiger partial charge in [-0.05, 0) is 29.4 Å². The molecule has 3 aromatic rings.